The van der Waals surface area contributed by atoms with Crippen LogP contribution in [-0.4, -0.2) is 20.1 Å². The van der Waals surface area contributed by atoms with Crippen LogP contribution in [0.25, 0.3) is 11.1 Å². The Kier molecular flexibility index (Phi) is 8.29. The van der Waals surface area contributed by atoms with Gasteiger partial charge < -0.3 is 9.69 Å². The first-order valence-electron chi connectivity index (χ1n) is 10.6. The predicted octanol–water partition coefficient (Wildman–Crippen LogP) is 7.81. The van der Waals surface area contributed by atoms with Crippen LogP contribution in [-0.2, 0) is 4.79 Å². The van der Waals surface area contributed by atoms with Gasteiger partial charge in [-0.05, 0) is 52.8 Å². The Balaban J connectivity index is 0.000000169. The van der Waals surface area contributed by atoms with Gasteiger partial charge in [-0.2, -0.15) is 0 Å². The third kappa shape index (κ3) is 5.12. The molecule has 0 aliphatic carbocycles. The third-order valence-corrected chi connectivity index (χ3v) is 6.47. The molecular weight excluding hydrogens is 410 g/mol. The van der Waals surface area contributed by atoms with Crippen LogP contribution in [0, 0.1) is 0 Å². The molecule has 0 bridgehead atoms. The maximum atomic E-state index is 8.00. The van der Waals surface area contributed by atoms with Gasteiger partial charge in [-0.15, -0.1) is 11.8 Å². The molecule has 4 aromatic carbocycles. The summed E-state index contributed by atoms with van der Waals surface area (Å²) in [6.45, 7) is 4.28. The van der Waals surface area contributed by atoms with Crippen LogP contribution in [0.4, 0.5) is 11.4 Å². The summed E-state index contributed by atoms with van der Waals surface area (Å²) in [5.74, 6) is 0.489. The molecule has 2 nitrogen and oxygen atoms in total. The summed E-state index contributed by atoms with van der Waals surface area (Å²) in [6, 6.07) is 36.4. The van der Waals surface area contributed by atoms with Crippen molar-refractivity contribution in [2.45, 2.75) is 17.7 Å². The standard InChI is InChI=1S/C15H15N.C13H12S.CH2O/c1-11-12-7-3-5-9-14(12)16(2)15-10-6-4-8-13(11)15;1-14-13-9-7-12(8-10-13)11-5-3-2-4-6-11;1-2/h3-11H,1-2H3;2-10H,1H3;1H2. The molecule has 0 amide bonds. The highest BCUT2D eigenvalue weighted by Gasteiger charge is 2.24. The Hall–Kier alpha value is -3.30. The molecule has 5 rings (SSSR count). The van der Waals surface area contributed by atoms with Crippen molar-refractivity contribution in [1.82, 2.24) is 0 Å². The third-order valence-electron chi connectivity index (χ3n) is 5.73. The highest BCUT2D eigenvalue weighted by Crippen LogP contribution is 2.43. The van der Waals surface area contributed by atoms with Gasteiger partial charge in [0.05, 0.1) is 0 Å². The minimum Gasteiger partial charge on any atom is -0.344 e. The number of carbonyl (C=O) groups is 1. The lowest BCUT2D eigenvalue weighted by atomic mass is 9.86. The zero-order valence-electron chi connectivity index (χ0n) is 18.9. The van der Waals surface area contributed by atoms with E-state index in [4.69, 9.17) is 4.79 Å². The highest BCUT2D eigenvalue weighted by atomic mass is 32.2. The van der Waals surface area contributed by atoms with Crippen LogP contribution in [0.5, 0.6) is 0 Å². The molecule has 0 N–H and O–H groups in total. The Morgan fingerprint density at radius 2 is 1.09 bits per heavy atom. The molecule has 4 aromatic rings. The first-order valence-corrected chi connectivity index (χ1v) is 11.8. The van der Waals surface area contributed by atoms with E-state index in [1.165, 1.54) is 38.5 Å². The van der Waals surface area contributed by atoms with Gasteiger partial charge in [0.25, 0.3) is 0 Å². The summed E-state index contributed by atoms with van der Waals surface area (Å²) in [7, 11) is 2.14. The molecule has 0 saturated heterocycles. The number of carbonyl (C=O) groups excluding carboxylic acids is 1. The second kappa shape index (κ2) is 11.4. The van der Waals surface area contributed by atoms with Crippen LogP contribution in [0.2, 0.25) is 0 Å². The fourth-order valence-electron chi connectivity index (χ4n) is 4.03. The van der Waals surface area contributed by atoms with Gasteiger partial charge in [0.2, 0.25) is 0 Å². The van der Waals surface area contributed by atoms with Crippen molar-refractivity contribution in [3.63, 3.8) is 0 Å². The molecule has 0 unspecified atom stereocenters. The first-order chi connectivity index (χ1) is 15.7. The minimum atomic E-state index is 0.489. The first kappa shape index (κ1) is 23.4. The maximum absolute atomic E-state index is 8.00. The minimum absolute atomic E-state index is 0.489. The average Bonchev–Trinajstić information content (AvgIpc) is 2.89. The Morgan fingerprint density at radius 3 is 1.59 bits per heavy atom. The second-order valence-electron chi connectivity index (χ2n) is 7.49. The number of fused-ring (bicyclic) bond motifs is 2. The monoisotopic (exact) mass is 439 g/mol. The van der Waals surface area contributed by atoms with Crippen molar-refractivity contribution in [3.05, 3.63) is 114 Å². The molecule has 32 heavy (non-hydrogen) atoms. The Bertz CT molecular complexity index is 1030. The summed E-state index contributed by atoms with van der Waals surface area (Å²) in [5, 5.41) is 0. The zero-order valence-corrected chi connectivity index (χ0v) is 19.7. The van der Waals surface area contributed by atoms with Crippen molar-refractivity contribution in [2.24, 2.45) is 0 Å². The van der Waals surface area contributed by atoms with Crippen LogP contribution in [0.1, 0.15) is 24.0 Å². The van der Waals surface area contributed by atoms with Gasteiger partial charge in [-0.3, -0.25) is 0 Å². The number of rotatable bonds is 2. The van der Waals surface area contributed by atoms with Gasteiger partial charge in [0.15, 0.2) is 0 Å². The molecule has 162 valence electrons. The molecular formula is C29H29NOS. The van der Waals surface area contributed by atoms with E-state index in [2.05, 4.69) is 122 Å². The number of anilines is 2. The van der Waals surface area contributed by atoms with E-state index in [1.54, 1.807) is 11.8 Å². The van der Waals surface area contributed by atoms with Gasteiger partial charge in [0, 0.05) is 29.2 Å². The zero-order chi connectivity index (χ0) is 22.9. The summed E-state index contributed by atoms with van der Waals surface area (Å²) in [5.41, 5.74) is 8.05. The molecule has 0 atom stereocenters. The summed E-state index contributed by atoms with van der Waals surface area (Å²) in [6.07, 6.45) is 2.09. The van der Waals surface area contributed by atoms with Crippen molar-refractivity contribution in [3.8, 4) is 11.1 Å². The molecule has 1 aliphatic rings. The molecule has 3 heteroatoms. The summed E-state index contributed by atoms with van der Waals surface area (Å²) >= 11 is 1.77. The van der Waals surface area contributed by atoms with Crippen molar-refractivity contribution >= 4 is 29.9 Å². The van der Waals surface area contributed by atoms with E-state index in [9.17, 15) is 0 Å². The highest BCUT2D eigenvalue weighted by molar-refractivity contribution is 7.98. The van der Waals surface area contributed by atoms with E-state index < -0.39 is 0 Å². The summed E-state index contributed by atoms with van der Waals surface area (Å²) in [4.78, 5) is 11.6. The smallest absolute Gasteiger partial charge is 0.106 e. The number of hydrogen-bond acceptors (Lipinski definition) is 3. The van der Waals surface area contributed by atoms with Gasteiger partial charge in [-0.25, -0.2) is 0 Å². The lowest BCUT2D eigenvalue weighted by molar-refractivity contribution is -0.0979. The molecule has 0 saturated carbocycles. The largest absolute Gasteiger partial charge is 0.344 e. The molecule has 0 radical (unpaired) electrons. The normalized spacial score (nSPS) is 11.8. The Labute approximate surface area is 195 Å². The van der Waals surface area contributed by atoms with E-state index in [0.717, 1.165) is 0 Å². The van der Waals surface area contributed by atoms with E-state index >= 15 is 0 Å². The van der Waals surface area contributed by atoms with Crippen LogP contribution >= 0.6 is 11.8 Å². The van der Waals surface area contributed by atoms with E-state index in [0.29, 0.717) is 5.92 Å². The topological polar surface area (TPSA) is 20.3 Å². The number of hydrogen-bond donors (Lipinski definition) is 0. The van der Waals surface area contributed by atoms with Gasteiger partial charge in [-0.1, -0.05) is 85.8 Å². The number of benzene rings is 4. The molecule has 0 spiro atoms. The fourth-order valence-corrected chi connectivity index (χ4v) is 4.44. The average molecular weight is 440 g/mol. The molecule has 0 aromatic heterocycles. The van der Waals surface area contributed by atoms with Crippen LogP contribution < -0.4 is 4.90 Å². The SMILES string of the molecule is C=O.CC1c2ccccc2N(C)c2ccccc21.CSc1ccc(-c2ccccc2)cc1. The van der Waals surface area contributed by atoms with E-state index in [-0.39, 0.29) is 0 Å². The van der Waals surface area contributed by atoms with Gasteiger partial charge >= 0.3 is 0 Å². The van der Waals surface area contributed by atoms with Crippen molar-refractivity contribution in [1.29, 1.82) is 0 Å². The summed E-state index contributed by atoms with van der Waals surface area (Å²) < 4.78 is 0. The Morgan fingerprint density at radius 1 is 0.656 bits per heavy atom. The molecule has 1 aliphatic heterocycles. The number of thioether (sulfide) groups is 1. The number of nitrogens with zero attached hydrogens (tertiary/aromatic N) is 1. The lowest BCUT2D eigenvalue weighted by Gasteiger charge is -2.33. The fraction of sp³-hybridized carbons (Fsp3) is 0.138. The van der Waals surface area contributed by atoms with Crippen molar-refractivity contribution in [2.75, 3.05) is 18.2 Å². The molecule has 1 heterocycles. The molecule has 0 fully saturated rings. The van der Waals surface area contributed by atoms with E-state index in [1.807, 2.05) is 12.9 Å². The van der Waals surface area contributed by atoms with Crippen LogP contribution in [0.15, 0.2) is 108 Å². The quantitative estimate of drug-likeness (QED) is 0.297. The lowest BCUT2D eigenvalue weighted by Crippen LogP contribution is -2.20. The second-order valence-corrected chi connectivity index (χ2v) is 8.37. The number of para-hydroxylation sites is 2. The maximum Gasteiger partial charge on any atom is 0.106 e. The van der Waals surface area contributed by atoms with Gasteiger partial charge in [0.1, 0.15) is 6.79 Å². The predicted molar refractivity (Wildman–Crippen MR) is 139 cm³/mol. The van der Waals surface area contributed by atoms with Crippen molar-refractivity contribution < 1.29 is 4.79 Å². The van der Waals surface area contributed by atoms with Crippen LogP contribution in [0.3, 0.4) is 0 Å².